The van der Waals surface area contributed by atoms with E-state index in [2.05, 4.69) is 22.1 Å². The molecule has 0 amide bonds. The van der Waals surface area contributed by atoms with Crippen LogP contribution in [0.5, 0.6) is 0 Å². The van der Waals surface area contributed by atoms with E-state index >= 15 is 0 Å². The van der Waals surface area contributed by atoms with Gasteiger partial charge in [-0.1, -0.05) is 41.3 Å². The van der Waals surface area contributed by atoms with Crippen LogP contribution in [0.3, 0.4) is 0 Å². The highest BCUT2D eigenvalue weighted by Crippen LogP contribution is 2.38. The smallest absolute Gasteiger partial charge is 0.337 e. The number of halogens is 2. The molecule has 1 aromatic heterocycles. The molecule has 1 heterocycles. The van der Waals surface area contributed by atoms with E-state index in [1.807, 2.05) is 37.5 Å². The third-order valence-electron chi connectivity index (χ3n) is 6.67. The third kappa shape index (κ3) is 6.50. The topological polar surface area (TPSA) is 57.5 Å². The first-order valence-electron chi connectivity index (χ1n) is 12.7. The zero-order valence-electron chi connectivity index (χ0n) is 21.8. The Balaban J connectivity index is 1.84. The van der Waals surface area contributed by atoms with Gasteiger partial charge in [-0.25, -0.2) is 14.0 Å². The Morgan fingerprint density at radius 1 is 1.11 bits per heavy atom. The minimum Gasteiger partial charge on any atom is -0.465 e. The molecule has 0 aliphatic heterocycles. The number of ether oxygens (including phenoxy) is 2. The molecule has 0 spiro atoms. The number of hydrogen-bond acceptors (Lipinski definition) is 4. The number of rotatable bonds is 6. The van der Waals surface area contributed by atoms with Crippen molar-refractivity contribution >= 4 is 44.8 Å². The average Bonchev–Trinajstić information content (AvgIpc) is 3.22. The summed E-state index contributed by atoms with van der Waals surface area (Å²) in [6.07, 6.45) is 9.61. The average molecular weight is 570 g/mol. The van der Waals surface area contributed by atoms with Gasteiger partial charge in [0.25, 0.3) is 0 Å². The van der Waals surface area contributed by atoms with E-state index in [0.29, 0.717) is 27.1 Å². The molecule has 196 valence electrons. The van der Waals surface area contributed by atoms with Crippen LogP contribution in [0.4, 0.5) is 4.39 Å². The molecule has 0 unspecified atom stereocenters. The Kier molecular flexibility index (Phi) is 8.22. The minimum absolute atomic E-state index is 0.200. The van der Waals surface area contributed by atoms with Crippen LogP contribution in [0.2, 0.25) is 0 Å². The van der Waals surface area contributed by atoms with Crippen LogP contribution in [0.25, 0.3) is 17.0 Å². The Morgan fingerprint density at radius 3 is 2.51 bits per heavy atom. The van der Waals surface area contributed by atoms with Gasteiger partial charge in [0, 0.05) is 21.6 Å². The first kappa shape index (κ1) is 27.1. The number of esters is 2. The van der Waals surface area contributed by atoms with Crippen molar-refractivity contribution in [2.24, 2.45) is 0 Å². The maximum atomic E-state index is 14.1. The van der Waals surface area contributed by atoms with Crippen molar-refractivity contribution in [1.29, 1.82) is 0 Å². The molecule has 0 atom stereocenters. The molecule has 0 saturated heterocycles. The summed E-state index contributed by atoms with van der Waals surface area (Å²) in [5, 5.41) is 1.06. The van der Waals surface area contributed by atoms with Crippen LogP contribution in [0, 0.1) is 5.82 Å². The van der Waals surface area contributed by atoms with Crippen LogP contribution >= 0.6 is 15.9 Å². The van der Waals surface area contributed by atoms with Crippen molar-refractivity contribution in [3.63, 3.8) is 0 Å². The molecular formula is C30H33BrFNO4. The number of benzene rings is 2. The normalized spacial score (nSPS) is 15.1. The van der Waals surface area contributed by atoms with Crippen molar-refractivity contribution in [3.8, 4) is 0 Å². The predicted octanol–water partition coefficient (Wildman–Crippen LogP) is 7.80. The SMILES string of the molecule is COC(=O)c1ccc2c(C3CCCCC3)cn(C/C(=C\c3cc(F)ccc3Br)C(=O)OC(C)(C)C)c2c1. The molecule has 0 N–H and O–H groups in total. The standard InChI is InChI=1S/C30H33BrFNO4/c1-30(2,3)37-29(35)22(14-21-15-23(32)11-13-26(21)31)17-33-18-25(19-8-6-5-7-9-19)24-12-10-20(16-27(24)33)28(34)36-4/h10-16,18-19H,5-9,17H2,1-4H3/b22-14+. The Hall–Kier alpha value is -2.93. The lowest BCUT2D eigenvalue weighted by Gasteiger charge is -2.21. The fraction of sp³-hybridized carbons (Fsp3) is 0.400. The number of aromatic nitrogens is 1. The molecule has 37 heavy (non-hydrogen) atoms. The van der Waals surface area contributed by atoms with E-state index in [1.54, 1.807) is 18.2 Å². The van der Waals surface area contributed by atoms with E-state index in [-0.39, 0.29) is 6.54 Å². The maximum Gasteiger partial charge on any atom is 0.337 e. The lowest BCUT2D eigenvalue weighted by Crippen LogP contribution is -2.26. The van der Waals surface area contributed by atoms with Gasteiger partial charge in [0.2, 0.25) is 0 Å². The Morgan fingerprint density at radius 2 is 1.84 bits per heavy atom. The van der Waals surface area contributed by atoms with E-state index in [1.165, 1.54) is 44.1 Å². The number of hydrogen-bond donors (Lipinski definition) is 0. The number of carbonyl (C=O) groups is 2. The van der Waals surface area contributed by atoms with Crippen molar-refractivity contribution in [2.75, 3.05) is 7.11 Å². The van der Waals surface area contributed by atoms with Crippen LogP contribution in [0.15, 0.2) is 52.6 Å². The van der Waals surface area contributed by atoms with E-state index in [4.69, 9.17) is 9.47 Å². The van der Waals surface area contributed by atoms with Crippen molar-refractivity contribution in [1.82, 2.24) is 4.57 Å². The number of fused-ring (bicyclic) bond motifs is 1. The van der Waals surface area contributed by atoms with Gasteiger partial charge >= 0.3 is 11.9 Å². The van der Waals surface area contributed by atoms with E-state index < -0.39 is 23.4 Å². The summed E-state index contributed by atoms with van der Waals surface area (Å²) in [5.74, 6) is -0.867. The molecule has 3 aromatic rings. The maximum absolute atomic E-state index is 14.1. The predicted molar refractivity (Wildman–Crippen MR) is 147 cm³/mol. The molecule has 4 rings (SSSR count). The zero-order valence-corrected chi connectivity index (χ0v) is 23.4. The summed E-state index contributed by atoms with van der Waals surface area (Å²) in [7, 11) is 1.36. The summed E-state index contributed by atoms with van der Waals surface area (Å²) in [4.78, 5) is 25.7. The second kappa shape index (κ2) is 11.2. The first-order valence-corrected chi connectivity index (χ1v) is 13.4. The molecule has 1 aliphatic carbocycles. The molecule has 0 radical (unpaired) electrons. The minimum atomic E-state index is -0.695. The summed E-state index contributed by atoms with van der Waals surface area (Å²) in [6, 6.07) is 9.94. The molecule has 2 aromatic carbocycles. The second-order valence-electron chi connectivity index (χ2n) is 10.6. The fourth-order valence-corrected chi connectivity index (χ4v) is 5.31. The highest BCUT2D eigenvalue weighted by molar-refractivity contribution is 9.10. The van der Waals surface area contributed by atoms with Gasteiger partial charge in [-0.05, 0) is 87.1 Å². The monoisotopic (exact) mass is 569 g/mol. The second-order valence-corrected chi connectivity index (χ2v) is 11.5. The van der Waals surface area contributed by atoms with Crippen molar-refractivity contribution < 1.29 is 23.5 Å². The highest BCUT2D eigenvalue weighted by atomic mass is 79.9. The molecule has 1 aliphatic rings. The van der Waals surface area contributed by atoms with Crippen molar-refractivity contribution in [3.05, 3.63) is 75.1 Å². The number of methoxy groups -OCH3 is 1. The molecular weight excluding hydrogens is 537 g/mol. The summed E-state index contributed by atoms with van der Waals surface area (Å²) in [5.41, 5.74) is 2.73. The summed E-state index contributed by atoms with van der Waals surface area (Å²) < 4.78 is 27.4. The molecule has 1 fully saturated rings. The lowest BCUT2D eigenvalue weighted by atomic mass is 9.84. The fourth-order valence-electron chi connectivity index (χ4n) is 4.94. The Bertz CT molecular complexity index is 1350. The number of carbonyl (C=O) groups excluding carboxylic acids is 2. The molecule has 1 saturated carbocycles. The number of nitrogens with zero attached hydrogens (tertiary/aromatic N) is 1. The molecule has 7 heteroatoms. The van der Waals surface area contributed by atoms with Gasteiger partial charge in [-0.2, -0.15) is 0 Å². The van der Waals surface area contributed by atoms with Gasteiger partial charge in [0.05, 0.1) is 24.8 Å². The molecule has 0 bridgehead atoms. The largest absolute Gasteiger partial charge is 0.465 e. The van der Waals surface area contributed by atoms with Crippen LogP contribution in [-0.4, -0.2) is 29.2 Å². The van der Waals surface area contributed by atoms with Crippen LogP contribution in [-0.2, 0) is 20.8 Å². The zero-order chi connectivity index (χ0) is 26.7. The van der Waals surface area contributed by atoms with Gasteiger partial charge < -0.3 is 14.0 Å². The van der Waals surface area contributed by atoms with Crippen LogP contribution < -0.4 is 0 Å². The summed E-state index contributed by atoms with van der Waals surface area (Å²) in [6.45, 7) is 5.65. The highest BCUT2D eigenvalue weighted by Gasteiger charge is 2.25. The van der Waals surface area contributed by atoms with Gasteiger partial charge in [-0.15, -0.1) is 0 Å². The van der Waals surface area contributed by atoms with E-state index in [9.17, 15) is 14.0 Å². The Labute approximate surface area is 225 Å². The van der Waals surface area contributed by atoms with Crippen LogP contribution in [0.1, 0.15) is 80.3 Å². The van der Waals surface area contributed by atoms with Gasteiger partial charge in [0.1, 0.15) is 11.4 Å². The van der Waals surface area contributed by atoms with E-state index in [0.717, 1.165) is 23.7 Å². The first-order chi connectivity index (χ1) is 17.6. The third-order valence-corrected chi connectivity index (χ3v) is 7.39. The quantitative estimate of drug-likeness (QED) is 0.224. The summed E-state index contributed by atoms with van der Waals surface area (Å²) >= 11 is 3.46. The lowest BCUT2D eigenvalue weighted by molar-refractivity contribution is -0.150. The molecule has 5 nitrogen and oxygen atoms in total. The van der Waals surface area contributed by atoms with Gasteiger partial charge in [0.15, 0.2) is 0 Å². The van der Waals surface area contributed by atoms with Crippen molar-refractivity contribution in [2.45, 2.75) is 70.9 Å². The van der Waals surface area contributed by atoms with Gasteiger partial charge in [-0.3, -0.25) is 0 Å².